The Bertz CT molecular complexity index is 1270. The maximum atomic E-state index is 12.4. The Balaban J connectivity index is 1.85. The van der Waals surface area contributed by atoms with E-state index in [-0.39, 0.29) is 22.9 Å². The van der Waals surface area contributed by atoms with Crippen LogP contribution in [0.4, 0.5) is 5.69 Å². The van der Waals surface area contributed by atoms with E-state index in [1.807, 2.05) is 0 Å². The fraction of sp³-hybridized carbons (Fsp3) is 0.263. The number of sulfone groups is 1. The van der Waals surface area contributed by atoms with Crippen LogP contribution >= 0.6 is 11.3 Å². The van der Waals surface area contributed by atoms with Crippen LogP contribution in [-0.4, -0.2) is 29.1 Å². The van der Waals surface area contributed by atoms with Crippen LogP contribution in [0.1, 0.15) is 19.4 Å². The molecule has 2 aromatic carbocycles. The summed E-state index contributed by atoms with van der Waals surface area (Å²) in [6.07, 6.45) is 0.0242. The highest BCUT2D eigenvalue weighted by Crippen LogP contribution is 2.22. The van der Waals surface area contributed by atoms with Gasteiger partial charge in [0.1, 0.15) is 0 Å². The summed E-state index contributed by atoms with van der Waals surface area (Å²) in [5, 5.41) is 10.4. The third-order valence-electron chi connectivity index (χ3n) is 4.45. The van der Waals surface area contributed by atoms with Gasteiger partial charge in [-0.3, -0.25) is 14.9 Å². The van der Waals surface area contributed by atoms with E-state index < -0.39 is 20.0 Å². The maximum absolute atomic E-state index is 12.4. The molecule has 0 spiro atoms. The molecule has 0 N–H and O–H groups in total. The molecular formula is C19H19N3O5S2. The molecule has 8 nitrogen and oxygen atoms in total. The van der Waals surface area contributed by atoms with E-state index in [0.717, 1.165) is 5.52 Å². The number of nitro benzene ring substituents is 1. The smallest absolute Gasteiger partial charge is 0.270 e. The first-order valence-electron chi connectivity index (χ1n) is 8.74. The summed E-state index contributed by atoms with van der Waals surface area (Å²) in [4.78, 5) is 27.6. The van der Waals surface area contributed by atoms with Gasteiger partial charge in [-0.15, -0.1) is 0 Å². The molecule has 0 saturated heterocycles. The third kappa shape index (κ3) is 4.28. The van der Waals surface area contributed by atoms with Crippen molar-refractivity contribution in [2.75, 3.05) is 0 Å². The fourth-order valence-electron chi connectivity index (χ4n) is 2.73. The van der Waals surface area contributed by atoms with Crippen LogP contribution in [0.2, 0.25) is 0 Å². The highest BCUT2D eigenvalue weighted by molar-refractivity contribution is 7.92. The average Bonchev–Trinajstić information content (AvgIpc) is 2.96. The summed E-state index contributed by atoms with van der Waals surface area (Å²) in [5.74, 6) is -0.388. The van der Waals surface area contributed by atoms with Gasteiger partial charge in [-0.05, 0) is 37.6 Å². The number of fused-ring (bicyclic) bond motifs is 1. The number of nitro groups is 1. The lowest BCUT2D eigenvalue weighted by atomic mass is 10.1. The molecule has 0 unspecified atom stereocenters. The molecule has 1 amide bonds. The van der Waals surface area contributed by atoms with Gasteiger partial charge in [-0.1, -0.05) is 23.5 Å². The van der Waals surface area contributed by atoms with Crippen molar-refractivity contribution in [1.82, 2.24) is 4.57 Å². The molecule has 10 heteroatoms. The van der Waals surface area contributed by atoms with E-state index >= 15 is 0 Å². The number of thiazole rings is 1. The molecule has 3 aromatic rings. The molecule has 152 valence electrons. The summed E-state index contributed by atoms with van der Waals surface area (Å²) in [5.41, 5.74) is 1.38. The standard InChI is InChI=1S/C19H19N3O5S2/c1-12(2)29(26,27)15-7-4-13(5-8-15)10-18(23)20-19-21(3)16-9-6-14(22(24)25)11-17(16)28-19/h4-9,11-12H,10H2,1-3H3. The van der Waals surface area contributed by atoms with Crippen LogP contribution < -0.4 is 4.80 Å². The highest BCUT2D eigenvalue weighted by Gasteiger charge is 2.19. The quantitative estimate of drug-likeness (QED) is 0.453. The van der Waals surface area contributed by atoms with Gasteiger partial charge in [0.05, 0.1) is 31.7 Å². The first-order valence-corrected chi connectivity index (χ1v) is 11.1. The Morgan fingerprint density at radius 3 is 2.45 bits per heavy atom. The van der Waals surface area contributed by atoms with Gasteiger partial charge in [0, 0.05) is 19.2 Å². The van der Waals surface area contributed by atoms with E-state index in [2.05, 4.69) is 4.99 Å². The number of nitrogens with zero attached hydrogens (tertiary/aromatic N) is 3. The molecule has 0 atom stereocenters. The Labute approximate surface area is 171 Å². The fourth-order valence-corrected chi connectivity index (χ4v) is 4.86. The van der Waals surface area contributed by atoms with Crippen LogP contribution in [0.3, 0.4) is 0 Å². The molecule has 3 rings (SSSR count). The Morgan fingerprint density at radius 2 is 1.86 bits per heavy atom. The first kappa shape index (κ1) is 20.9. The van der Waals surface area contributed by atoms with Crippen molar-refractivity contribution in [3.8, 4) is 0 Å². The summed E-state index contributed by atoms with van der Waals surface area (Å²) in [6.45, 7) is 3.23. The lowest BCUT2D eigenvalue weighted by molar-refractivity contribution is -0.384. The van der Waals surface area contributed by atoms with Crippen molar-refractivity contribution in [3.63, 3.8) is 0 Å². The molecule has 0 aliphatic carbocycles. The number of carbonyl (C=O) groups excluding carboxylic acids is 1. The van der Waals surface area contributed by atoms with E-state index in [1.165, 1.54) is 35.6 Å². The van der Waals surface area contributed by atoms with Crippen LogP contribution in [-0.2, 0) is 28.1 Å². The molecule has 0 radical (unpaired) electrons. The molecule has 1 heterocycles. The van der Waals surface area contributed by atoms with Gasteiger partial charge in [0.15, 0.2) is 14.6 Å². The Kier molecular flexibility index (Phi) is 5.67. The topological polar surface area (TPSA) is 112 Å². The number of hydrogen-bond acceptors (Lipinski definition) is 6. The summed E-state index contributed by atoms with van der Waals surface area (Å²) < 4.78 is 26.7. The van der Waals surface area contributed by atoms with E-state index in [4.69, 9.17) is 0 Å². The predicted molar refractivity (Wildman–Crippen MR) is 110 cm³/mol. The predicted octanol–water partition coefficient (Wildman–Crippen LogP) is 3.00. The number of hydrogen-bond donors (Lipinski definition) is 0. The number of amides is 1. The van der Waals surface area contributed by atoms with Gasteiger partial charge >= 0.3 is 0 Å². The van der Waals surface area contributed by atoms with Crippen molar-refractivity contribution in [2.24, 2.45) is 12.0 Å². The second-order valence-electron chi connectivity index (χ2n) is 6.77. The van der Waals surface area contributed by atoms with Crippen LogP contribution in [0, 0.1) is 10.1 Å². The van der Waals surface area contributed by atoms with Crippen molar-refractivity contribution in [3.05, 3.63) is 62.9 Å². The Hall–Kier alpha value is -2.85. The molecule has 0 bridgehead atoms. The van der Waals surface area contributed by atoms with Crippen molar-refractivity contribution >= 4 is 43.0 Å². The molecular weight excluding hydrogens is 414 g/mol. The van der Waals surface area contributed by atoms with Gasteiger partial charge in [-0.2, -0.15) is 4.99 Å². The molecule has 0 aliphatic rings. The zero-order valence-corrected chi connectivity index (χ0v) is 17.7. The van der Waals surface area contributed by atoms with Gasteiger partial charge in [0.25, 0.3) is 11.6 Å². The average molecular weight is 434 g/mol. The van der Waals surface area contributed by atoms with Crippen molar-refractivity contribution in [2.45, 2.75) is 30.4 Å². The molecule has 0 fully saturated rings. The SMILES string of the molecule is CC(C)S(=O)(=O)c1ccc(CC(=O)N=c2sc3cc([N+](=O)[O-])ccc3n2C)cc1. The number of aromatic nitrogens is 1. The zero-order chi connectivity index (χ0) is 21.3. The van der Waals surface area contributed by atoms with Crippen molar-refractivity contribution < 1.29 is 18.1 Å². The van der Waals surface area contributed by atoms with Crippen LogP contribution in [0.15, 0.2) is 52.4 Å². The second-order valence-corrected chi connectivity index (χ2v) is 10.3. The molecule has 29 heavy (non-hydrogen) atoms. The minimum atomic E-state index is -3.36. The minimum absolute atomic E-state index is 0.0198. The summed E-state index contributed by atoms with van der Waals surface area (Å²) in [6, 6.07) is 10.7. The maximum Gasteiger partial charge on any atom is 0.270 e. The lowest BCUT2D eigenvalue weighted by Crippen LogP contribution is -2.15. The van der Waals surface area contributed by atoms with Crippen LogP contribution in [0.5, 0.6) is 0 Å². The Morgan fingerprint density at radius 1 is 1.21 bits per heavy atom. The first-order chi connectivity index (χ1) is 13.6. The number of non-ortho nitro benzene ring substituents is 1. The lowest BCUT2D eigenvalue weighted by Gasteiger charge is -2.08. The normalized spacial score (nSPS) is 12.6. The number of benzene rings is 2. The molecule has 0 aliphatic heterocycles. The third-order valence-corrected chi connectivity index (χ3v) is 7.72. The van der Waals surface area contributed by atoms with E-state index in [0.29, 0.717) is 15.1 Å². The van der Waals surface area contributed by atoms with Gasteiger partial charge < -0.3 is 4.57 Å². The van der Waals surface area contributed by atoms with Gasteiger partial charge in [-0.25, -0.2) is 8.42 Å². The number of carbonyl (C=O) groups is 1. The van der Waals surface area contributed by atoms with Crippen LogP contribution in [0.25, 0.3) is 10.2 Å². The molecule has 1 aromatic heterocycles. The monoisotopic (exact) mass is 433 g/mol. The zero-order valence-electron chi connectivity index (χ0n) is 16.0. The number of aryl methyl sites for hydroxylation is 1. The largest absolute Gasteiger partial charge is 0.319 e. The van der Waals surface area contributed by atoms with E-state index in [9.17, 15) is 23.3 Å². The number of rotatable bonds is 5. The summed E-state index contributed by atoms with van der Waals surface area (Å²) >= 11 is 1.20. The summed E-state index contributed by atoms with van der Waals surface area (Å²) in [7, 11) is -1.62. The second kappa shape index (κ2) is 7.88. The van der Waals surface area contributed by atoms with Gasteiger partial charge in [0.2, 0.25) is 0 Å². The van der Waals surface area contributed by atoms with E-state index in [1.54, 1.807) is 43.7 Å². The van der Waals surface area contributed by atoms with Crippen molar-refractivity contribution in [1.29, 1.82) is 0 Å². The minimum Gasteiger partial charge on any atom is -0.319 e. The molecule has 0 saturated carbocycles. The highest BCUT2D eigenvalue weighted by atomic mass is 32.2.